The Labute approximate surface area is 183 Å². The summed E-state index contributed by atoms with van der Waals surface area (Å²) in [7, 11) is 3.36. The predicted octanol–water partition coefficient (Wildman–Crippen LogP) is 5.26. The van der Waals surface area contributed by atoms with Gasteiger partial charge in [-0.05, 0) is 61.6 Å². The molecule has 1 N–H and O–H groups in total. The van der Waals surface area contributed by atoms with Crippen molar-refractivity contribution in [1.82, 2.24) is 14.7 Å². The van der Waals surface area contributed by atoms with Crippen molar-refractivity contribution in [1.29, 1.82) is 0 Å². The number of hydrogen-bond donors (Lipinski definition) is 1. The van der Waals surface area contributed by atoms with Crippen molar-refractivity contribution >= 4 is 51.9 Å². The molecule has 0 aliphatic rings. The van der Waals surface area contributed by atoms with Crippen LogP contribution in [0.3, 0.4) is 0 Å². The number of anilines is 2. The smallest absolute Gasteiger partial charge is 0.337 e. The maximum absolute atomic E-state index is 11.5. The van der Waals surface area contributed by atoms with Gasteiger partial charge in [-0.15, -0.1) is 5.10 Å². The van der Waals surface area contributed by atoms with Gasteiger partial charge in [0.15, 0.2) is 3.95 Å². The number of carbonyl (C=O) groups excluding carboxylic acids is 1. The Morgan fingerprint density at radius 1 is 1.31 bits per heavy atom. The molecule has 0 saturated heterocycles. The zero-order valence-corrected chi connectivity index (χ0v) is 18.7. The summed E-state index contributed by atoms with van der Waals surface area (Å²) in [5.41, 5.74) is 3.49. The molecule has 0 atom stereocenters. The van der Waals surface area contributed by atoms with Crippen LogP contribution in [0.4, 0.5) is 10.8 Å². The molecule has 29 heavy (non-hydrogen) atoms. The third-order valence-electron chi connectivity index (χ3n) is 4.32. The second-order valence-corrected chi connectivity index (χ2v) is 8.58. The first-order valence-electron chi connectivity index (χ1n) is 8.83. The van der Waals surface area contributed by atoms with E-state index < -0.39 is 0 Å². The zero-order chi connectivity index (χ0) is 21.0. The Bertz CT molecular complexity index is 1060. The van der Waals surface area contributed by atoms with Gasteiger partial charge >= 0.3 is 5.97 Å². The van der Waals surface area contributed by atoms with Crippen molar-refractivity contribution in [2.24, 2.45) is 0 Å². The molecular weight excluding hydrogens is 428 g/mol. The maximum atomic E-state index is 11.5. The molecule has 6 nitrogen and oxygen atoms in total. The molecule has 3 rings (SSSR count). The lowest BCUT2D eigenvalue weighted by atomic mass is 10.1. The van der Waals surface area contributed by atoms with Gasteiger partial charge in [-0.1, -0.05) is 41.1 Å². The highest BCUT2D eigenvalue weighted by Crippen LogP contribution is 2.27. The predicted molar refractivity (Wildman–Crippen MR) is 120 cm³/mol. The number of esters is 1. The number of rotatable bonds is 7. The maximum Gasteiger partial charge on any atom is 0.337 e. The molecule has 1 aromatic heterocycles. The first kappa shape index (κ1) is 21.4. The summed E-state index contributed by atoms with van der Waals surface area (Å²) in [6.45, 7) is 3.20. The minimum absolute atomic E-state index is 0.339. The molecule has 0 aliphatic heterocycles. The molecule has 0 aliphatic carbocycles. The van der Waals surface area contributed by atoms with Gasteiger partial charge in [0.1, 0.15) is 0 Å². The van der Waals surface area contributed by atoms with Gasteiger partial charge in [-0.2, -0.15) is 0 Å². The van der Waals surface area contributed by atoms with E-state index in [1.807, 2.05) is 44.3 Å². The summed E-state index contributed by atoms with van der Waals surface area (Å²) >= 11 is 13.1. The minimum atomic E-state index is -0.339. The lowest BCUT2D eigenvalue weighted by Crippen LogP contribution is -2.22. The molecule has 0 fully saturated rings. The third-order valence-corrected chi connectivity index (χ3v) is 5.95. The fourth-order valence-electron chi connectivity index (χ4n) is 2.76. The Balaban J connectivity index is 1.65. The number of benzene rings is 2. The van der Waals surface area contributed by atoms with Crippen LogP contribution >= 0.6 is 35.2 Å². The lowest BCUT2D eigenvalue weighted by molar-refractivity contribution is 0.0600. The van der Waals surface area contributed by atoms with Gasteiger partial charge in [0.25, 0.3) is 0 Å². The van der Waals surface area contributed by atoms with Crippen LogP contribution in [0.15, 0.2) is 42.5 Å². The molecular formula is C20H21ClN4O2S2. The average Bonchev–Trinajstić information content (AvgIpc) is 3.04. The first-order valence-corrected chi connectivity index (χ1v) is 10.4. The Morgan fingerprint density at radius 3 is 2.72 bits per heavy atom. The summed E-state index contributed by atoms with van der Waals surface area (Å²) in [4.78, 5) is 13.6. The largest absolute Gasteiger partial charge is 0.465 e. The van der Waals surface area contributed by atoms with Crippen LogP contribution in [0.5, 0.6) is 0 Å². The molecule has 0 unspecified atom stereocenters. The van der Waals surface area contributed by atoms with Crippen molar-refractivity contribution in [2.75, 3.05) is 19.5 Å². The van der Waals surface area contributed by atoms with Crippen molar-refractivity contribution in [3.05, 3.63) is 68.1 Å². The molecule has 0 radical (unpaired) electrons. The van der Waals surface area contributed by atoms with E-state index in [2.05, 4.69) is 15.3 Å². The van der Waals surface area contributed by atoms with Gasteiger partial charge in [0, 0.05) is 17.3 Å². The van der Waals surface area contributed by atoms with Crippen LogP contribution in [0.1, 0.15) is 21.5 Å². The normalized spacial score (nSPS) is 10.9. The summed E-state index contributed by atoms with van der Waals surface area (Å²) in [5.74, 6) is -0.339. The fourth-order valence-corrected chi connectivity index (χ4v) is 3.94. The van der Waals surface area contributed by atoms with E-state index in [1.54, 1.807) is 16.8 Å². The zero-order valence-electron chi connectivity index (χ0n) is 16.3. The average molecular weight is 449 g/mol. The van der Waals surface area contributed by atoms with Crippen molar-refractivity contribution in [3.63, 3.8) is 0 Å². The van der Waals surface area contributed by atoms with Gasteiger partial charge in [-0.3, -0.25) is 4.90 Å². The summed E-state index contributed by atoms with van der Waals surface area (Å²) < 4.78 is 7.19. The van der Waals surface area contributed by atoms with Crippen molar-refractivity contribution in [3.8, 4) is 0 Å². The van der Waals surface area contributed by atoms with Crippen molar-refractivity contribution < 1.29 is 9.53 Å². The molecule has 0 amide bonds. The molecule has 3 aromatic rings. The first-order chi connectivity index (χ1) is 13.9. The van der Waals surface area contributed by atoms with Crippen LogP contribution in [-0.2, 0) is 18.0 Å². The van der Waals surface area contributed by atoms with Gasteiger partial charge in [0.05, 0.1) is 19.3 Å². The summed E-state index contributed by atoms with van der Waals surface area (Å²) in [6, 6.07) is 13.1. The van der Waals surface area contributed by atoms with E-state index in [0.29, 0.717) is 27.8 Å². The quantitative estimate of drug-likeness (QED) is 0.393. The summed E-state index contributed by atoms with van der Waals surface area (Å²) in [6.07, 6.45) is 0. The number of aromatic nitrogens is 2. The van der Waals surface area contributed by atoms with Crippen molar-refractivity contribution in [2.45, 2.75) is 20.1 Å². The van der Waals surface area contributed by atoms with E-state index in [9.17, 15) is 4.79 Å². The highest BCUT2D eigenvalue weighted by Gasteiger charge is 2.10. The number of hydrogen-bond acceptors (Lipinski definition) is 7. The molecule has 0 saturated carbocycles. The molecule has 152 valence electrons. The number of methoxy groups -OCH3 is 1. The number of carbonyl (C=O) groups is 1. The van der Waals surface area contributed by atoms with E-state index >= 15 is 0 Å². The SMILES string of the molecule is COC(=O)c1ccc(CN(C)Cn2nc(Nc3cccc(Cl)c3C)sc2=S)cc1. The summed E-state index contributed by atoms with van der Waals surface area (Å²) in [5, 5.41) is 9.30. The van der Waals surface area contributed by atoms with Crippen LogP contribution in [0.2, 0.25) is 5.02 Å². The number of ether oxygens (including phenoxy) is 1. The highest BCUT2D eigenvalue weighted by atomic mass is 35.5. The third kappa shape index (κ3) is 5.42. The number of nitrogens with one attached hydrogen (secondary N) is 1. The van der Waals surface area contributed by atoms with E-state index in [4.69, 9.17) is 28.6 Å². The standard InChI is InChI=1S/C20H21ClN4O2S2/c1-13-16(21)5-4-6-17(13)22-19-23-25(20(28)29-19)12-24(2)11-14-7-9-15(10-8-14)18(26)27-3/h4-10H,11-12H2,1-3H3,(H,22,23). The lowest BCUT2D eigenvalue weighted by Gasteiger charge is -2.16. The number of halogens is 1. The minimum Gasteiger partial charge on any atom is -0.465 e. The molecule has 9 heteroatoms. The van der Waals surface area contributed by atoms with Gasteiger partial charge in [0.2, 0.25) is 5.13 Å². The van der Waals surface area contributed by atoms with E-state index in [-0.39, 0.29) is 5.97 Å². The Hall–Kier alpha value is -2.26. The Morgan fingerprint density at radius 2 is 2.03 bits per heavy atom. The van der Waals surface area contributed by atoms with E-state index in [1.165, 1.54) is 18.4 Å². The van der Waals surface area contributed by atoms with Crippen LogP contribution < -0.4 is 5.32 Å². The van der Waals surface area contributed by atoms with Gasteiger partial charge < -0.3 is 10.1 Å². The molecule has 0 spiro atoms. The van der Waals surface area contributed by atoms with Crippen LogP contribution in [0.25, 0.3) is 0 Å². The highest BCUT2D eigenvalue weighted by molar-refractivity contribution is 7.73. The van der Waals surface area contributed by atoms with Gasteiger partial charge in [-0.25, -0.2) is 9.48 Å². The second kappa shape index (κ2) is 9.49. The molecule has 1 heterocycles. The number of nitrogens with zero attached hydrogens (tertiary/aromatic N) is 3. The topological polar surface area (TPSA) is 59.4 Å². The monoisotopic (exact) mass is 448 g/mol. The van der Waals surface area contributed by atoms with Crippen LogP contribution in [-0.4, -0.2) is 34.8 Å². The molecule has 2 aromatic carbocycles. The fraction of sp³-hybridized carbons (Fsp3) is 0.250. The van der Waals surface area contributed by atoms with E-state index in [0.717, 1.165) is 21.9 Å². The second-order valence-electron chi connectivity index (χ2n) is 6.55. The Kier molecular flexibility index (Phi) is 7.02. The molecule has 0 bridgehead atoms. The van der Waals surface area contributed by atoms with Crippen LogP contribution in [0, 0.1) is 10.9 Å².